The maximum absolute atomic E-state index is 12.1. The Morgan fingerprint density at radius 3 is 2.35 bits per heavy atom. The van der Waals surface area contributed by atoms with Crippen LogP contribution in [0.2, 0.25) is 0 Å². The van der Waals surface area contributed by atoms with Gasteiger partial charge < -0.3 is 9.67 Å². The molecule has 0 aromatic carbocycles. The van der Waals surface area contributed by atoms with Gasteiger partial charge in [0.15, 0.2) is 0 Å². The molecule has 0 aliphatic carbocycles. The van der Waals surface area contributed by atoms with Crippen LogP contribution >= 0.6 is 0 Å². The minimum absolute atomic E-state index is 0.0415. The molecule has 1 N–H and O–H groups in total. The topological polar surface area (TPSA) is 93.4 Å². The smallest absolute Gasteiger partial charge is 0.337 e. The molecule has 20 heavy (non-hydrogen) atoms. The van der Waals surface area contributed by atoms with Crippen molar-refractivity contribution >= 4 is 15.8 Å². The Morgan fingerprint density at radius 2 is 1.85 bits per heavy atom. The molecule has 0 spiro atoms. The van der Waals surface area contributed by atoms with Gasteiger partial charge in [-0.15, -0.1) is 0 Å². The summed E-state index contributed by atoms with van der Waals surface area (Å²) in [5, 5.41) is 9.23. The molecule has 1 saturated heterocycles. The number of nitrogens with zero attached hydrogens (tertiary/aromatic N) is 1. The molecule has 0 amide bonds. The Hall–Kier alpha value is -1.63. The second kappa shape index (κ2) is 5.05. The zero-order valence-corrected chi connectivity index (χ0v) is 12.2. The van der Waals surface area contributed by atoms with Gasteiger partial charge in [0.2, 0.25) is 0 Å². The van der Waals surface area contributed by atoms with Gasteiger partial charge in [-0.3, -0.25) is 4.79 Å². The Bertz CT molecular complexity index is 703. The molecule has 7 heteroatoms. The van der Waals surface area contributed by atoms with Crippen molar-refractivity contribution in [1.29, 1.82) is 0 Å². The minimum atomic E-state index is -3.02. The van der Waals surface area contributed by atoms with Crippen LogP contribution in [-0.2, 0) is 9.84 Å². The summed E-state index contributed by atoms with van der Waals surface area (Å²) in [6, 6.07) is 1.06. The third kappa shape index (κ3) is 2.63. The predicted molar refractivity (Wildman–Crippen MR) is 74.1 cm³/mol. The van der Waals surface area contributed by atoms with Crippen molar-refractivity contribution in [2.24, 2.45) is 0 Å². The lowest BCUT2D eigenvalue weighted by atomic mass is 10.0. The lowest BCUT2D eigenvalue weighted by Gasteiger charge is -2.26. The molecular weight excluding hydrogens is 282 g/mol. The number of carbonyl (C=O) groups is 1. The summed E-state index contributed by atoms with van der Waals surface area (Å²) >= 11 is 0. The van der Waals surface area contributed by atoms with Crippen molar-refractivity contribution in [3.63, 3.8) is 0 Å². The van der Waals surface area contributed by atoms with E-state index in [1.807, 2.05) is 0 Å². The maximum Gasteiger partial charge on any atom is 0.337 e. The molecule has 2 rings (SSSR count). The van der Waals surface area contributed by atoms with E-state index in [4.69, 9.17) is 0 Å². The van der Waals surface area contributed by atoms with Crippen molar-refractivity contribution in [2.45, 2.75) is 32.7 Å². The number of carboxylic acid groups (broad SMARTS) is 1. The minimum Gasteiger partial charge on any atom is -0.478 e. The molecule has 110 valence electrons. The summed E-state index contributed by atoms with van der Waals surface area (Å²) in [4.78, 5) is 23.4. The Labute approximate surface area is 117 Å². The average Bonchev–Trinajstić information content (AvgIpc) is 2.29. The van der Waals surface area contributed by atoms with Gasteiger partial charge in [-0.2, -0.15) is 0 Å². The van der Waals surface area contributed by atoms with Crippen molar-refractivity contribution in [3.05, 3.63) is 33.2 Å². The highest BCUT2D eigenvalue weighted by molar-refractivity contribution is 7.91. The third-order valence-corrected chi connectivity index (χ3v) is 5.51. The first-order valence-corrected chi connectivity index (χ1v) is 8.21. The molecule has 2 heterocycles. The molecule has 6 nitrogen and oxygen atoms in total. The summed E-state index contributed by atoms with van der Waals surface area (Å²) < 4.78 is 24.3. The highest BCUT2D eigenvalue weighted by atomic mass is 32.2. The standard InChI is InChI=1S/C13H17NO5S/c1-8-7-11(15)14(9(2)12(8)13(16)17)10-3-5-20(18,19)6-4-10/h7,10H,3-6H2,1-2H3,(H,16,17). The monoisotopic (exact) mass is 299 g/mol. The SMILES string of the molecule is Cc1cc(=O)n(C2CCS(=O)(=O)CC2)c(C)c1C(=O)O. The largest absolute Gasteiger partial charge is 0.478 e. The quantitative estimate of drug-likeness (QED) is 0.876. The lowest BCUT2D eigenvalue weighted by molar-refractivity contribution is 0.0693. The Morgan fingerprint density at radius 1 is 1.30 bits per heavy atom. The third-order valence-electron chi connectivity index (χ3n) is 3.80. The van der Waals surface area contributed by atoms with E-state index in [9.17, 15) is 23.1 Å². The van der Waals surface area contributed by atoms with Crippen molar-refractivity contribution in [2.75, 3.05) is 11.5 Å². The van der Waals surface area contributed by atoms with Crippen LogP contribution in [0.5, 0.6) is 0 Å². The van der Waals surface area contributed by atoms with E-state index in [2.05, 4.69) is 0 Å². The van der Waals surface area contributed by atoms with Crippen LogP contribution in [-0.4, -0.2) is 35.6 Å². The summed E-state index contributed by atoms with van der Waals surface area (Å²) in [5.74, 6) is -0.989. The molecular formula is C13H17NO5S. The number of hydrogen-bond acceptors (Lipinski definition) is 4. The fourth-order valence-corrected chi connectivity index (χ4v) is 4.28. The van der Waals surface area contributed by atoms with E-state index in [-0.39, 0.29) is 28.7 Å². The van der Waals surface area contributed by atoms with Gasteiger partial charge in [0.1, 0.15) is 9.84 Å². The highest BCUT2D eigenvalue weighted by Gasteiger charge is 2.27. The second-order valence-electron chi connectivity index (χ2n) is 5.18. The number of aromatic carboxylic acids is 1. The number of hydrogen-bond donors (Lipinski definition) is 1. The number of carboxylic acids is 1. The van der Waals surface area contributed by atoms with E-state index in [1.165, 1.54) is 10.6 Å². The van der Waals surface area contributed by atoms with Gasteiger partial charge >= 0.3 is 5.97 Å². The molecule has 0 saturated carbocycles. The fraction of sp³-hybridized carbons (Fsp3) is 0.538. The van der Waals surface area contributed by atoms with Crippen LogP contribution in [0.1, 0.15) is 40.5 Å². The number of aryl methyl sites for hydroxylation is 1. The van der Waals surface area contributed by atoms with Crippen LogP contribution in [0, 0.1) is 13.8 Å². The van der Waals surface area contributed by atoms with Crippen molar-refractivity contribution in [1.82, 2.24) is 4.57 Å². The molecule has 1 aliphatic heterocycles. The molecule has 0 unspecified atom stereocenters. The maximum atomic E-state index is 12.1. The first kappa shape index (κ1) is 14.8. The van der Waals surface area contributed by atoms with Gasteiger partial charge in [0.25, 0.3) is 5.56 Å². The first-order valence-electron chi connectivity index (χ1n) is 6.39. The predicted octanol–water partition coefficient (Wildman–Crippen LogP) is 0.913. The average molecular weight is 299 g/mol. The number of pyridine rings is 1. The Kier molecular flexibility index (Phi) is 3.73. The normalized spacial score (nSPS) is 18.9. The molecule has 1 aromatic heterocycles. The molecule has 1 aliphatic rings. The van der Waals surface area contributed by atoms with E-state index in [1.54, 1.807) is 13.8 Å². The van der Waals surface area contributed by atoms with Crippen molar-refractivity contribution < 1.29 is 18.3 Å². The lowest BCUT2D eigenvalue weighted by Crippen LogP contribution is -2.34. The van der Waals surface area contributed by atoms with Crippen LogP contribution < -0.4 is 5.56 Å². The summed E-state index contributed by atoms with van der Waals surface area (Å²) in [6.07, 6.45) is 0.705. The zero-order valence-electron chi connectivity index (χ0n) is 11.4. The van der Waals surface area contributed by atoms with Gasteiger partial charge in [-0.1, -0.05) is 0 Å². The number of sulfone groups is 1. The van der Waals surface area contributed by atoms with Gasteiger partial charge in [-0.05, 0) is 32.3 Å². The van der Waals surface area contributed by atoms with Gasteiger partial charge in [0.05, 0.1) is 17.1 Å². The van der Waals surface area contributed by atoms with Crippen LogP contribution in [0.25, 0.3) is 0 Å². The van der Waals surface area contributed by atoms with Crippen LogP contribution in [0.3, 0.4) is 0 Å². The highest BCUT2D eigenvalue weighted by Crippen LogP contribution is 2.25. The van der Waals surface area contributed by atoms with Crippen molar-refractivity contribution in [3.8, 4) is 0 Å². The second-order valence-corrected chi connectivity index (χ2v) is 7.49. The molecule has 0 atom stereocenters. The molecule has 1 aromatic rings. The summed E-state index contributed by atoms with van der Waals surface area (Å²) in [6.45, 7) is 3.19. The van der Waals surface area contributed by atoms with Gasteiger partial charge in [-0.25, -0.2) is 13.2 Å². The van der Waals surface area contributed by atoms with E-state index in [0.29, 0.717) is 24.1 Å². The zero-order chi connectivity index (χ0) is 15.1. The van der Waals surface area contributed by atoms with E-state index < -0.39 is 15.8 Å². The Balaban J connectivity index is 2.50. The van der Waals surface area contributed by atoms with E-state index in [0.717, 1.165) is 0 Å². The summed E-state index contributed by atoms with van der Waals surface area (Å²) in [7, 11) is -3.02. The molecule has 0 radical (unpaired) electrons. The summed E-state index contributed by atoms with van der Waals surface area (Å²) in [5.41, 5.74) is 0.679. The fourth-order valence-electron chi connectivity index (χ4n) is 2.81. The van der Waals surface area contributed by atoms with Gasteiger partial charge in [0, 0.05) is 17.8 Å². The number of rotatable bonds is 2. The van der Waals surface area contributed by atoms with Crippen LogP contribution in [0.15, 0.2) is 10.9 Å². The van der Waals surface area contributed by atoms with Crippen LogP contribution in [0.4, 0.5) is 0 Å². The number of aromatic nitrogens is 1. The molecule has 0 bridgehead atoms. The van der Waals surface area contributed by atoms with E-state index >= 15 is 0 Å². The first-order chi connectivity index (χ1) is 9.23. The molecule has 1 fully saturated rings.